The van der Waals surface area contributed by atoms with E-state index in [9.17, 15) is 18.5 Å². The molecule has 1 aliphatic rings. The molecule has 1 fully saturated rings. The molecule has 128 valence electrons. The van der Waals surface area contributed by atoms with Gasteiger partial charge >= 0.3 is 0 Å². The van der Waals surface area contributed by atoms with E-state index >= 15 is 0 Å². The molecule has 0 atom stereocenters. The Morgan fingerprint density at radius 2 is 1.83 bits per heavy atom. The van der Waals surface area contributed by atoms with E-state index in [0.717, 1.165) is 25.2 Å². The average Bonchev–Trinajstić information content (AvgIpc) is 2.46. The maximum absolute atomic E-state index is 11.6. The number of piperidine rings is 1. The predicted molar refractivity (Wildman–Crippen MR) is 89.7 cm³/mol. The highest BCUT2D eigenvalue weighted by Gasteiger charge is 2.34. The normalized spacial score (nSPS) is 18.2. The van der Waals surface area contributed by atoms with Crippen LogP contribution in [0.15, 0.2) is 23.1 Å². The number of nitro benzene ring substituents is 1. The van der Waals surface area contributed by atoms with Crippen LogP contribution in [0.3, 0.4) is 0 Å². The quantitative estimate of drug-likeness (QED) is 0.614. The highest BCUT2D eigenvalue weighted by molar-refractivity contribution is 7.90. The van der Waals surface area contributed by atoms with E-state index in [4.69, 9.17) is 0 Å². The lowest BCUT2D eigenvalue weighted by Crippen LogP contribution is -2.50. The average molecular weight is 341 g/mol. The summed E-state index contributed by atoms with van der Waals surface area (Å²) in [6, 6.07) is 4.15. The van der Waals surface area contributed by atoms with Crippen LogP contribution >= 0.6 is 0 Å². The molecule has 7 nitrogen and oxygen atoms in total. The van der Waals surface area contributed by atoms with Crippen LogP contribution in [0.2, 0.25) is 0 Å². The molecule has 0 aromatic heterocycles. The van der Waals surface area contributed by atoms with Crippen LogP contribution in [0.1, 0.15) is 19.8 Å². The van der Waals surface area contributed by atoms with E-state index in [1.165, 1.54) is 6.07 Å². The van der Waals surface area contributed by atoms with Crippen molar-refractivity contribution in [1.29, 1.82) is 0 Å². The van der Waals surface area contributed by atoms with Crippen LogP contribution in [0.4, 0.5) is 11.4 Å². The summed E-state index contributed by atoms with van der Waals surface area (Å²) in [6.45, 7) is 3.59. The monoisotopic (exact) mass is 341 g/mol. The van der Waals surface area contributed by atoms with Gasteiger partial charge in [-0.05, 0) is 46.0 Å². The zero-order valence-electron chi connectivity index (χ0n) is 13.9. The minimum Gasteiger partial charge on any atom is -0.366 e. The topological polar surface area (TPSA) is 83.8 Å². The second-order valence-corrected chi connectivity index (χ2v) is 8.57. The molecule has 0 unspecified atom stereocenters. The summed E-state index contributed by atoms with van der Waals surface area (Å²) in [7, 11) is 0.616. The maximum atomic E-state index is 11.6. The predicted octanol–water partition coefficient (Wildman–Crippen LogP) is 1.92. The van der Waals surface area contributed by atoms with E-state index in [0.29, 0.717) is 18.8 Å². The van der Waals surface area contributed by atoms with Crippen LogP contribution in [0.5, 0.6) is 0 Å². The maximum Gasteiger partial charge on any atom is 0.293 e. The fourth-order valence-electron chi connectivity index (χ4n) is 2.82. The fraction of sp³-hybridized carbons (Fsp3) is 0.600. The number of nitrogens with zero attached hydrogens (tertiary/aromatic N) is 3. The van der Waals surface area contributed by atoms with Gasteiger partial charge < -0.3 is 9.80 Å². The van der Waals surface area contributed by atoms with E-state index in [2.05, 4.69) is 11.8 Å². The largest absolute Gasteiger partial charge is 0.366 e. The lowest BCUT2D eigenvalue weighted by Gasteiger charge is -2.44. The molecule has 1 aromatic rings. The summed E-state index contributed by atoms with van der Waals surface area (Å²) >= 11 is 0. The van der Waals surface area contributed by atoms with Gasteiger partial charge in [0.2, 0.25) is 0 Å². The van der Waals surface area contributed by atoms with Crippen LogP contribution in [0, 0.1) is 10.1 Å². The third-order valence-corrected chi connectivity index (χ3v) is 5.94. The summed E-state index contributed by atoms with van der Waals surface area (Å²) in [5.41, 5.74) is 0.419. The number of hydrogen-bond acceptors (Lipinski definition) is 6. The Bertz CT molecular complexity index is 707. The van der Waals surface area contributed by atoms with E-state index in [-0.39, 0.29) is 16.1 Å². The molecule has 2 rings (SSSR count). The molecule has 0 spiro atoms. The standard InChI is InChI=1S/C15H23N3O4S/c1-15(16(2)3)7-9-17(10-8-15)13-6-5-12(23(4,21)22)11-14(13)18(19)20/h5-6,11H,7-10H2,1-4H3. The first kappa shape index (κ1) is 17.7. The Kier molecular flexibility index (Phi) is 4.68. The van der Waals surface area contributed by atoms with E-state index < -0.39 is 14.8 Å². The summed E-state index contributed by atoms with van der Waals surface area (Å²) in [4.78, 5) is 15.0. The second kappa shape index (κ2) is 6.09. The van der Waals surface area contributed by atoms with Gasteiger partial charge in [-0.15, -0.1) is 0 Å². The summed E-state index contributed by atoms with van der Waals surface area (Å²) in [6.07, 6.45) is 2.84. The molecule has 23 heavy (non-hydrogen) atoms. The number of hydrogen-bond donors (Lipinski definition) is 0. The minimum absolute atomic E-state index is 0.0249. The molecule has 1 saturated heterocycles. The number of nitro groups is 1. The van der Waals surface area contributed by atoms with Crippen molar-refractivity contribution >= 4 is 21.2 Å². The molecule has 1 aromatic carbocycles. The van der Waals surface area contributed by atoms with Gasteiger partial charge in [0.25, 0.3) is 5.69 Å². The smallest absolute Gasteiger partial charge is 0.293 e. The van der Waals surface area contributed by atoms with Gasteiger partial charge in [-0.25, -0.2) is 8.42 Å². The zero-order chi connectivity index (χ0) is 17.4. The molecule has 0 bridgehead atoms. The van der Waals surface area contributed by atoms with Crippen molar-refractivity contribution in [3.63, 3.8) is 0 Å². The van der Waals surface area contributed by atoms with Crippen molar-refractivity contribution in [1.82, 2.24) is 4.90 Å². The molecule has 0 saturated carbocycles. The first-order valence-corrected chi connectivity index (χ1v) is 9.35. The molecule has 1 aliphatic heterocycles. The van der Waals surface area contributed by atoms with Gasteiger partial charge in [-0.1, -0.05) is 0 Å². The van der Waals surface area contributed by atoms with Crippen molar-refractivity contribution in [3.05, 3.63) is 28.3 Å². The summed E-state index contributed by atoms with van der Waals surface area (Å²) < 4.78 is 23.2. The van der Waals surface area contributed by atoms with Gasteiger partial charge in [0.1, 0.15) is 5.69 Å². The van der Waals surface area contributed by atoms with Crippen molar-refractivity contribution in [2.24, 2.45) is 0 Å². The summed E-state index contributed by atoms with van der Waals surface area (Å²) in [5.74, 6) is 0. The molecular formula is C15H23N3O4S. The highest BCUT2D eigenvalue weighted by Crippen LogP contribution is 2.35. The summed E-state index contributed by atoms with van der Waals surface area (Å²) in [5, 5.41) is 11.4. The Balaban J connectivity index is 2.33. The Hall–Kier alpha value is -1.67. The van der Waals surface area contributed by atoms with Gasteiger partial charge in [-0.2, -0.15) is 0 Å². The third kappa shape index (κ3) is 3.64. The molecule has 0 N–H and O–H groups in total. The zero-order valence-corrected chi connectivity index (χ0v) is 14.8. The van der Waals surface area contributed by atoms with E-state index in [1.54, 1.807) is 6.07 Å². The van der Waals surface area contributed by atoms with Crippen molar-refractivity contribution in [2.75, 3.05) is 38.3 Å². The van der Waals surface area contributed by atoms with Gasteiger partial charge in [0, 0.05) is 31.0 Å². The Morgan fingerprint density at radius 1 is 1.26 bits per heavy atom. The number of benzene rings is 1. The van der Waals surface area contributed by atoms with Gasteiger partial charge in [-0.3, -0.25) is 10.1 Å². The third-order valence-electron chi connectivity index (χ3n) is 4.83. The number of rotatable bonds is 4. The minimum atomic E-state index is -3.47. The Morgan fingerprint density at radius 3 is 2.26 bits per heavy atom. The van der Waals surface area contributed by atoms with Crippen LogP contribution in [-0.4, -0.2) is 57.2 Å². The first-order chi connectivity index (χ1) is 10.5. The SMILES string of the molecule is CN(C)C1(C)CCN(c2ccc(S(C)(=O)=O)cc2[N+](=O)[O-])CC1. The van der Waals surface area contributed by atoms with Crippen molar-refractivity contribution in [3.8, 4) is 0 Å². The molecule has 8 heteroatoms. The number of sulfone groups is 1. The van der Waals surface area contributed by atoms with Gasteiger partial charge in [0.15, 0.2) is 9.84 Å². The van der Waals surface area contributed by atoms with Crippen molar-refractivity contribution < 1.29 is 13.3 Å². The van der Waals surface area contributed by atoms with Crippen LogP contribution in [0.25, 0.3) is 0 Å². The molecule has 0 aliphatic carbocycles. The highest BCUT2D eigenvalue weighted by atomic mass is 32.2. The molecule has 0 amide bonds. The van der Waals surface area contributed by atoms with E-state index in [1.807, 2.05) is 19.0 Å². The lowest BCUT2D eigenvalue weighted by atomic mass is 9.88. The number of anilines is 1. The molecular weight excluding hydrogens is 318 g/mol. The van der Waals surface area contributed by atoms with Crippen LogP contribution < -0.4 is 4.90 Å². The van der Waals surface area contributed by atoms with Crippen LogP contribution in [-0.2, 0) is 9.84 Å². The van der Waals surface area contributed by atoms with Gasteiger partial charge in [0.05, 0.1) is 9.82 Å². The Labute approximate surface area is 137 Å². The lowest BCUT2D eigenvalue weighted by molar-refractivity contribution is -0.384. The fourth-order valence-corrected chi connectivity index (χ4v) is 3.47. The molecule has 0 radical (unpaired) electrons. The van der Waals surface area contributed by atoms with Crippen molar-refractivity contribution in [2.45, 2.75) is 30.2 Å². The second-order valence-electron chi connectivity index (χ2n) is 6.56. The molecule has 1 heterocycles. The first-order valence-electron chi connectivity index (χ1n) is 7.45.